The maximum absolute atomic E-state index is 11.8. The second-order valence-corrected chi connectivity index (χ2v) is 6.10. The quantitative estimate of drug-likeness (QED) is 0.731. The SMILES string of the molecule is O=C(NCCc1cccs1)NCc1cnn(-c2ccccc2)c1. The normalized spacial score (nSPS) is 10.4. The number of thiophene rings is 1. The van der Waals surface area contributed by atoms with Crippen molar-refractivity contribution in [3.63, 3.8) is 0 Å². The van der Waals surface area contributed by atoms with Gasteiger partial charge in [0.25, 0.3) is 0 Å². The van der Waals surface area contributed by atoms with Crippen LogP contribution in [-0.2, 0) is 13.0 Å². The number of carbonyl (C=O) groups is 1. The van der Waals surface area contributed by atoms with E-state index in [1.807, 2.05) is 48.0 Å². The third-order valence-corrected chi connectivity index (χ3v) is 4.28. The largest absolute Gasteiger partial charge is 0.338 e. The molecular formula is C17H18N4OS. The molecule has 0 bridgehead atoms. The van der Waals surface area contributed by atoms with Crippen molar-refractivity contribution in [2.45, 2.75) is 13.0 Å². The Morgan fingerprint density at radius 2 is 2.00 bits per heavy atom. The molecule has 0 aliphatic carbocycles. The maximum Gasteiger partial charge on any atom is 0.315 e. The van der Waals surface area contributed by atoms with E-state index in [4.69, 9.17) is 0 Å². The minimum atomic E-state index is -0.158. The van der Waals surface area contributed by atoms with Crippen LogP contribution < -0.4 is 10.6 Å². The summed E-state index contributed by atoms with van der Waals surface area (Å²) in [6.07, 6.45) is 4.54. The molecule has 2 amide bonds. The van der Waals surface area contributed by atoms with Crippen LogP contribution in [0.4, 0.5) is 4.79 Å². The van der Waals surface area contributed by atoms with Crippen molar-refractivity contribution in [3.8, 4) is 5.69 Å². The van der Waals surface area contributed by atoms with Crippen LogP contribution in [0.15, 0.2) is 60.2 Å². The van der Waals surface area contributed by atoms with E-state index in [-0.39, 0.29) is 6.03 Å². The first kappa shape index (κ1) is 15.3. The van der Waals surface area contributed by atoms with Crippen LogP contribution in [0.25, 0.3) is 5.69 Å². The Kier molecular flexibility index (Phi) is 5.06. The summed E-state index contributed by atoms with van der Waals surface area (Å²) in [5.41, 5.74) is 1.96. The number of nitrogens with zero attached hydrogens (tertiary/aromatic N) is 2. The number of hydrogen-bond donors (Lipinski definition) is 2. The Hall–Kier alpha value is -2.60. The van der Waals surface area contributed by atoms with Crippen molar-refractivity contribution >= 4 is 17.4 Å². The number of hydrogen-bond acceptors (Lipinski definition) is 3. The van der Waals surface area contributed by atoms with E-state index in [9.17, 15) is 4.79 Å². The van der Waals surface area contributed by atoms with Crippen molar-refractivity contribution < 1.29 is 4.79 Å². The minimum absolute atomic E-state index is 0.158. The smallest absolute Gasteiger partial charge is 0.315 e. The van der Waals surface area contributed by atoms with Crippen LogP contribution >= 0.6 is 11.3 Å². The molecule has 23 heavy (non-hydrogen) atoms. The molecule has 0 radical (unpaired) electrons. The molecular weight excluding hydrogens is 308 g/mol. The summed E-state index contributed by atoms with van der Waals surface area (Å²) in [6.45, 7) is 1.09. The Morgan fingerprint density at radius 1 is 1.13 bits per heavy atom. The van der Waals surface area contributed by atoms with Gasteiger partial charge in [0.15, 0.2) is 0 Å². The standard InChI is InChI=1S/C17H18N4OS/c22-17(18-9-8-16-7-4-10-23-16)19-11-14-12-20-21(13-14)15-5-2-1-3-6-15/h1-7,10,12-13H,8-9,11H2,(H2,18,19,22). The lowest BCUT2D eigenvalue weighted by atomic mass is 10.3. The maximum atomic E-state index is 11.8. The summed E-state index contributed by atoms with van der Waals surface area (Å²) < 4.78 is 1.80. The zero-order valence-electron chi connectivity index (χ0n) is 12.6. The molecule has 0 unspecified atom stereocenters. The van der Waals surface area contributed by atoms with Crippen LogP contribution in [0, 0.1) is 0 Å². The zero-order chi connectivity index (χ0) is 15.9. The van der Waals surface area contributed by atoms with Crippen LogP contribution in [-0.4, -0.2) is 22.4 Å². The zero-order valence-corrected chi connectivity index (χ0v) is 13.4. The van der Waals surface area contributed by atoms with E-state index in [1.165, 1.54) is 4.88 Å². The van der Waals surface area contributed by atoms with Crippen LogP contribution in [0.3, 0.4) is 0 Å². The molecule has 3 aromatic rings. The van der Waals surface area contributed by atoms with Gasteiger partial charge in [0.2, 0.25) is 0 Å². The molecule has 6 heteroatoms. The highest BCUT2D eigenvalue weighted by Crippen LogP contribution is 2.08. The molecule has 118 valence electrons. The first-order chi connectivity index (χ1) is 11.3. The molecule has 0 aliphatic heterocycles. The molecule has 0 saturated heterocycles. The molecule has 1 aromatic carbocycles. The van der Waals surface area contributed by atoms with Gasteiger partial charge in [-0.05, 0) is 30.0 Å². The lowest BCUT2D eigenvalue weighted by molar-refractivity contribution is 0.240. The van der Waals surface area contributed by atoms with Gasteiger partial charge >= 0.3 is 6.03 Å². The van der Waals surface area contributed by atoms with Gasteiger partial charge in [-0.2, -0.15) is 5.10 Å². The van der Waals surface area contributed by atoms with Gasteiger partial charge in [-0.3, -0.25) is 0 Å². The highest BCUT2D eigenvalue weighted by Gasteiger charge is 2.04. The van der Waals surface area contributed by atoms with Gasteiger partial charge in [0.05, 0.1) is 11.9 Å². The summed E-state index contributed by atoms with van der Waals surface area (Å²) in [5.74, 6) is 0. The Morgan fingerprint density at radius 3 is 2.78 bits per heavy atom. The van der Waals surface area contributed by atoms with E-state index in [0.717, 1.165) is 17.7 Å². The van der Waals surface area contributed by atoms with E-state index in [1.54, 1.807) is 22.2 Å². The minimum Gasteiger partial charge on any atom is -0.338 e. The number of urea groups is 1. The highest BCUT2D eigenvalue weighted by molar-refractivity contribution is 7.09. The number of rotatable bonds is 6. The van der Waals surface area contributed by atoms with Crippen LogP contribution in [0.2, 0.25) is 0 Å². The van der Waals surface area contributed by atoms with Crippen LogP contribution in [0.5, 0.6) is 0 Å². The summed E-state index contributed by atoms with van der Waals surface area (Å²) in [6, 6.07) is 13.8. The average Bonchev–Trinajstić information content (AvgIpc) is 3.25. The molecule has 2 aromatic heterocycles. The Balaban J connectivity index is 1.43. The lowest BCUT2D eigenvalue weighted by Gasteiger charge is -2.05. The summed E-state index contributed by atoms with van der Waals surface area (Å²) in [5, 5.41) is 12.1. The van der Waals surface area contributed by atoms with Gasteiger partial charge in [0.1, 0.15) is 0 Å². The number of carbonyl (C=O) groups excluding carboxylic acids is 1. The monoisotopic (exact) mass is 326 g/mol. The number of aromatic nitrogens is 2. The number of benzene rings is 1. The number of amides is 2. The van der Waals surface area contributed by atoms with Crippen molar-refractivity contribution in [3.05, 3.63) is 70.7 Å². The van der Waals surface area contributed by atoms with Crippen molar-refractivity contribution in [1.82, 2.24) is 20.4 Å². The molecule has 2 N–H and O–H groups in total. The topological polar surface area (TPSA) is 59.0 Å². The molecule has 0 fully saturated rings. The molecule has 3 rings (SSSR count). The fraction of sp³-hybridized carbons (Fsp3) is 0.176. The Labute approximate surface area is 139 Å². The predicted octanol–water partition coefficient (Wildman–Crippen LogP) is 2.98. The number of para-hydroxylation sites is 1. The summed E-state index contributed by atoms with van der Waals surface area (Å²) in [7, 11) is 0. The molecule has 0 spiro atoms. The van der Waals surface area contributed by atoms with E-state index in [0.29, 0.717) is 13.1 Å². The Bertz CT molecular complexity index is 737. The van der Waals surface area contributed by atoms with Gasteiger partial charge in [0, 0.05) is 29.7 Å². The van der Waals surface area contributed by atoms with Gasteiger partial charge in [-0.1, -0.05) is 24.3 Å². The van der Waals surface area contributed by atoms with Crippen molar-refractivity contribution in [2.24, 2.45) is 0 Å². The summed E-state index contributed by atoms with van der Waals surface area (Å²) in [4.78, 5) is 13.0. The van der Waals surface area contributed by atoms with E-state index in [2.05, 4.69) is 21.8 Å². The second-order valence-electron chi connectivity index (χ2n) is 5.07. The van der Waals surface area contributed by atoms with Gasteiger partial charge < -0.3 is 10.6 Å². The number of nitrogens with one attached hydrogen (secondary N) is 2. The van der Waals surface area contributed by atoms with Gasteiger partial charge in [-0.15, -0.1) is 11.3 Å². The second kappa shape index (κ2) is 7.60. The van der Waals surface area contributed by atoms with Crippen molar-refractivity contribution in [2.75, 3.05) is 6.54 Å². The fourth-order valence-corrected chi connectivity index (χ4v) is 2.88. The first-order valence-corrected chi connectivity index (χ1v) is 8.32. The lowest BCUT2D eigenvalue weighted by Crippen LogP contribution is -2.36. The average molecular weight is 326 g/mol. The third-order valence-electron chi connectivity index (χ3n) is 3.35. The van der Waals surface area contributed by atoms with E-state index < -0.39 is 0 Å². The molecule has 0 aliphatic rings. The molecule has 2 heterocycles. The van der Waals surface area contributed by atoms with E-state index >= 15 is 0 Å². The van der Waals surface area contributed by atoms with Crippen molar-refractivity contribution in [1.29, 1.82) is 0 Å². The molecule has 0 saturated carbocycles. The van der Waals surface area contributed by atoms with Gasteiger partial charge in [-0.25, -0.2) is 9.48 Å². The highest BCUT2D eigenvalue weighted by atomic mass is 32.1. The third kappa shape index (κ3) is 4.43. The molecule has 0 atom stereocenters. The predicted molar refractivity (Wildman–Crippen MR) is 91.8 cm³/mol. The fourth-order valence-electron chi connectivity index (χ4n) is 2.17. The van der Waals surface area contributed by atoms with Crippen LogP contribution in [0.1, 0.15) is 10.4 Å². The summed E-state index contributed by atoms with van der Waals surface area (Å²) >= 11 is 1.70. The first-order valence-electron chi connectivity index (χ1n) is 7.44. The molecule has 5 nitrogen and oxygen atoms in total.